The van der Waals surface area contributed by atoms with Gasteiger partial charge in [-0.2, -0.15) is 0 Å². The highest BCUT2D eigenvalue weighted by molar-refractivity contribution is 9.10. The summed E-state index contributed by atoms with van der Waals surface area (Å²) >= 11 is 10.8. The van der Waals surface area contributed by atoms with Crippen molar-refractivity contribution in [1.82, 2.24) is 9.97 Å². The molecule has 5 rings (SSSR count). The lowest BCUT2D eigenvalue weighted by molar-refractivity contribution is 0.894. The fourth-order valence-electron chi connectivity index (χ4n) is 3.65. The molecule has 0 aliphatic carbocycles. The number of fused-ring (bicyclic) bond motifs is 3. The second kappa shape index (κ2) is 7.44. The van der Waals surface area contributed by atoms with E-state index in [1.54, 1.807) is 17.7 Å². The normalized spacial score (nSPS) is 18.9. The number of rotatable bonds is 2. The number of halogens is 2. The Balaban J connectivity index is 1.68. The molecule has 0 unspecified atom stereocenters. The molecule has 2 aromatic carbocycles. The number of nitrogens with two attached hydrogens (primary N) is 1. The molecule has 2 N–H and O–H groups in total. The summed E-state index contributed by atoms with van der Waals surface area (Å²) in [6.45, 7) is 0. The molecule has 0 saturated heterocycles. The number of hydrogen-bond acceptors (Lipinski definition) is 5. The average Bonchev–Trinajstić information content (AvgIpc) is 3.08. The van der Waals surface area contributed by atoms with E-state index in [4.69, 9.17) is 5.73 Å². The van der Waals surface area contributed by atoms with Crippen molar-refractivity contribution in [3.8, 4) is 0 Å². The molecule has 0 bridgehead atoms. The summed E-state index contributed by atoms with van der Waals surface area (Å²) < 4.78 is 2.19. The maximum atomic E-state index is 6.27. The predicted octanol–water partition coefficient (Wildman–Crippen LogP) is 6.92. The number of hydrogen-bond donors (Lipinski definition) is 1. The summed E-state index contributed by atoms with van der Waals surface area (Å²) in [6, 6.07) is 17.3. The van der Waals surface area contributed by atoms with Gasteiger partial charge < -0.3 is 5.73 Å². The lowest BCUT2D eigenvalue weighted by Gasteiger charge is -2.30. The highest BCUT2D eigenvalue weighted by Crippen LogP contribution is 2.55. The zero-order valence-electron chi connectivity index (χ0n) is 14.6. The van der Waals surface area contributed by atoms with Gasteiger partial charge in [-0.15, -0.1) is 23.1 Å². The maximum Gasteiger partial charge on any atom is 0.135 e. The average molecular weight is 533 g/mol. The number of nitrogens with zero attached hydrogens (tertiary/aromatic N) is 2. The summed E-state index contributed by atoms with van der Waals surface area (Å²) in [5.41, 5.74) is 10.2. The molecule has 1 aliphatic rings. The van der Waals surface area contributed by atoms with Crippen molar-refractivity contribution in [2.75, 3.05) is 5.73 Å². The van der Waals surface area contributed by atoms with E-state index in [1.165, 1.54) is 21.6 Å². The standard InChI is InChI=1S/C21H15Br2N3S2/c22-13-5-1-11(2-6-13)16-9-15-17-20(24)25-10-26-21(17)28-19(15)18(27-16)12-3-7-14(23)8-4-12/h1-8,10,16,18H,9H2,(H2,24,25,26)/t16-,18-/m1/s1. The van der Waals surface area contributed by atoms with Crippen molar-refractivity contribution in [2.24, 2.45) is 0 Å². The number of aromatic nitrogens is 2. The molecule has 2 aromatic heterocycles. The van der Waals surface area contributed by atoms with Gasteiger partial charge in [0.25, 0.3) is 0 Å². The van der Waals surface area contributed by atoms with Crippen molar-refractivity contribution < 1.29 is 0 Å². The predicted molar refractivity (Wildman–Crippen MR) is 126 cm³/mol. The van der Waals surface area contributed by atoms with E-state index in [2.05, 4.69) is 90.4 Å². The van der Waals surface area contributed by atoms with Crippen molar-refractivity contribution in [1.29, 1.82) is 0 Å². The summed E-state index contributed by atoms with van der Waals surface area (Å²) in [7, 11) is 0. The first kappa shape index (κ1) is 18.6. The molecule has 7 heteroatoms. The van der Waals surface area contributed by atoms with Gasteiger partial charge in [-0.3, -0.25) is 0 Å². The Morgan fingerprint density at radius 1 is 0.893 bits per heavy atom. The Labute approximate surface area is 188 Å². The van der Waals surface area contributed by atoms with Crippen LogP contribution in [0, 0.1) is 0 Å². The second-order valence-corrected chi connectivity index (χ2v) is 10.9. The topological polar surface area (TPSA) is 51.8 Å². The maximum absolute atomic E-state index is 6.27. The van der Waals surface area contributed by atoms with E-state index in [0.29, 0.717) is 11.1 Å². The van der Waals surface area contributed by atoms with Crippen LogP contribution in [0.5, 0.6) is 0 Å². The van der Waals surface area contributed by atoms with Crippen LogP contribution in [0.2, 0.25) is 0 Å². The van der Waals surface area contributed by atoms with Crippen molar-refractivity contribution in [3.05, 3.63) is 85.4 Å². The van der Waals surface area contributed by atoms with E-state index in [0.717, 1.165) is 25.6 Å². The van der Waals surface area contributed by atoms with Gasteiger partial charge in [0.15, 0.2) is 0 Å². The first-order valence-corrected chi connectivity index (χ1v) is 12.1. The third-order valence-electron chi connectivity index (χ3n) is 4.99. The lowest BCUT2D eigenvalue weighted by atomic mass is 9.98. The zero-order valence-corrected chi connectivity index (χ0v) is 19.4. The number of benzene rings is 2. The molecule has 140 valence electrons. The van der Waals surface area contributed by atoms with E-state index in [1.807, 2.05) is 11.8 Å². The molecule has 3 nitrogen and oxygen atoms in total. The Morgan fingerprint density at radius 3 is 2.21 bits per heavy atom. The Hall–Kier alpha value is -1.41. The van der Waals surface area contributed by atoms with Crippen LogP contribution in [0.4, 0.5) is 5.82 Å². The SMILES string of the molecule is Nc1ncnc2sc3c(c12)C[C@H](c1ccc(Br)cc1)S[C@@H]3c1ccc(Br)cc1. The Morgan fingerprint density at radius 2 is 1.54 bits per heavy atom. The van der Waals surface area contributed by atoms with Gasteiger partial charge >= 0.3 is 0 Å². The van der Waals surface area contributed by atoms with Gasteiger partial charge in [0.2, 0.25) is 0 Å². The minimum Gasteiger partial charge on any atom is -0.383 e. The van der Waals surface area contributed by atoms with Crippen LogP contribution in [-0.4, -0.2) is 9.97 Å². The molecule has 0 amide bonds. The fraction of sp³-hybridized carbons (Fsp3) is 0.143. The van der Waals surface area contributed by atoms with E-state index in [9.17, 15) is 0 Å². The summed E-state index contributed by atoms with van der Waals surface area (Å²) in [4.78, 5) is 11.1. The lowest BCUT2D eigenvalue weighted by Crippen LogP contribution is -2.12. The molecule has 2 atom stereocenters. The van der Waals surface area contributed by atoms with Gasteiger partial charge in [-0.1, -0.05) is 56.1 Å². The van der Waals surface area contributed by atoms with Crippen LogP contribution >= 0.6 is 55.0 Å². The van der Waals surface area contributed by atoms with Crippen LogP contribution in [0.3, 0.4) is 0 Å². The summed E-state index contributed by atoms with van der Waals surface area (Å²) in [6.07, 6.45) is 2.50. The smallest absolute Gasteiger partial charge is 0.135 e. The largest absolute Gasteiger partial charge is 0.383 e. The van der Waals surface area contributed by atoms with Crippen LogP contribution in [0.15, 0.2) is 63.8 Å². The van der Waals surface area contributed by atoms with Gasteiger partial charge in [0.1, 0.15) is 17.0 Å². The molecular formula is C21H15Br2N3S2. The van der Waals surface area contributed by atoms with Crippen LogP contribution in [0.25, 0.3) is 10.2 Å². The molecule has 0 fully saturated rings. The third-order valence-corrected chi connectivity index (χ3v) is 8.95. The van der Waals surface area contributed by atoms with Gasteiger partial charge in [0.05, 0.1) is 10.6 Å². The summed E-state index contributed by atoms with van der Waals surface area (Å²) in [5.74, 6) is 0.582. The van der Waals surface area contributed by atoms with Crippen molar-refractivity contribution >= 4 is 71.0 Å². The first-order chi connectivity index (χ1) is 13.6. The highest BCUT2D eigenvalue weighted by atomic mass is 79.9. The van der Waals surface area contributed by atoms with Gasteiger partial charge in [-0.25, -0.2) is 9.97 Å². The molecule has 3 heterocycles. The number of thioether (sulfide) groups is 1. The number of thiophene rings is 1. The first-order valence-electron chi connectivity index (χ1n) is 8.78. The van der Waals surface area contributed by atoms with Crippen LogP contribution < -0.4 is 5.73 Å². The molecule has 4 aromatic rings. The Bertz CT molecular complexity index is 1160. The zero-order chi connectivity index (χ0) is 19.3. The molecule has 0 saturated carbocycles. The van der Waals surface area contributed by atoms with E-state index < -0.39 is 0 Å². The van der Waals surface area contributed by atoms with Gasteiger partial charge in [0, 0.05) is 19.1 Å². The third kappa shape index (κ3) is 3.28. The molecule has 28 heavy (non-hydrogen) atoms. The van der Waals surface area contributed by atoms with Crippen molar-refractivity contribution in [2.45, 2.75) is 16.9 Å². The van der Waals surface area contributed by atoms with Crippen LogP contribution in [-0.2, 0) is 6.42 Å². The van der Waals surface area contributed by atoms with Crippen LogP contribution in [0.1, 0.15) is 32.1 Å². The highest BCUT2D eigenvalue weighted by Gasteiger charge is 2.33. The molecule has 1 aliphatic heterocycles. The van der Waals surface area contributed by atoms with Crippen molar-refractivity contribution in [3.63, 3.8) is 0 Å². The molecule has 0 radical (unpaired) electrons. The van der Waals surface area contributed by atoms with E-state index >= 15 is 0 Å². The Kier molecular flexibility index (Phi) is 4.95. The monoisotopic (exact) mass is 531 g/mol. The van der Waals surface area contributed by atoms with Gasteiger partial charge in [-0.05, 0) is 47.4 Å². The summed E-state index contributed by atoms with van der Waals surface area (Å²) in [5, 5.41) is 1.64. The molecular weight excluding hydrogens is 518 g/mol. The number of anilines is 1. The van der Waals surface area contributed by atoms with E-state index in [-0.39, 0.29) is 5.25 Å². The minimum atomic E-state index is 0.254. The quantitative estimate of drug-likeness (QED) is 0.304. The minimum absolute atomic E-state index is 0.254. The second-order valence-electron chi connectivity index (χ2n) is 6.70. The fourth-order valence-corrected chi connectivity index (χ4v) is 7.16. The number of nitrogen functional groups attached to an aromatic ring is 1. The molecule has 0 spiro atoms.